The zero-order valence-electron chi connectivity index (χ0n) is 14.0. The van der Waals surface area contributed by atoms with Gasteiger partial charge >= 0.3 is 0 Å². The molecule has 0 radical (unpaired) electrons. The Bertz CT molecular complexity index is 893. The van der Waals surface area contributed by atoms with Crippen molar-refractivity contribution < 1.29 is 9.53 Å². The van der Waals surface area contributed by atoms with E-state index in [0.29, 0.717) is 30.7 Å². The number of nitrogens with zero attached hydrogens (tertiary/aromatic N) is 5. The fraction of sp³-hybridized carbons (Fsp3) is 0.333. The lowest BCUT2D eigenvalue weighted by Crippen LogP contribution is -2.30. The highest BCUT2D eigenvalue weighted by Gasteiger charge is 2.27. The lowest BCUT2D eigenvalue weighted by atomic mass is 10.2. The smallest absolute Gasteiger partial charge is 0.255 e. The second-order valence-electron chi connectivity index (χ2n) is 6.16. The van der Waals surface area contributed by atoms with Crippen LogP contribution in [0.3, 0.4) is 0 Å². The number of methoxy groups -OCH3 is 1. The van der Waals surface area contributed by atoms with Gasteiger partial charge in [-0.25, -0.2) is 9.97 Å². The van der Waals surface area contributed by atoms with Gasteiger partial charge < -0.3 is 14.2 Å². The van der Waals surface area contributed by atoms with Crippen LogP contribution in [0.2, 0.25) is 0 Å². The predicted octanol–water partition coefficient (Wildman–Crippen LogP) is 1.74. The van der Waals surface area contributed by atoms with E-state index in [1.807, 2.05) is 27.7 Å². The average Bonchev–Trinajstić information content (AvgIpc) is 3.29. The van der Waals surface area contributed by atoms with E-state index in [9.17, 15) is 4.79 Å². The Labute approximate surface area is 145 Å². The molecule has 0 saturated carbocycles. The molecule has 1 unspecified atom stereocenters. The molecule has 7 nitrogen and oxygen atoms in total. The molecule has 1 saturated heterocycles. The molecule has 0 bridgehead atoms. The number of ether oxygens (including phenoxy) is 1. The summed E-state index contributed by atoms with van der Waals surface area (Å²) in [5, 5.41) is 0. The van der Waals surface area contributed by atoms with Crippen LogP contribution in [0.1, 0.15) is 22.5 Å². The predicted molar refractivity (Wildman–Crippen MR) is 92.2 cm³/mol. The van der Waals surface area contributed by atoms with E-state index in [4.69, 9.17) is 4.74 Å². The quantitative estimate of drug-likeness (QED) is 0.725. The number of hydrogen-bond acceptors (Lipinski definition) is 5. The van der Waals surface area contributed by atoms with E-state index in [2.05, 4.69) is 15.0 Å². The Kier molecular flexibility index (Phi) is 4.15. The van der Waals surface area contributed by atoms with Gasteiger partial charge in [0.1, 0.15) is 5.52 Å². The number of carbonyl (C=O) groups excluding carboxylic acids is 1. The van der Waals surface area contributed by atoms with Crippen LogP contribution >= 0.6 is 0 Å². The van der Waals surface area contributed by atoms with Crippen molar-refractivity contribution in [2.45, 2.75) is 19.1 Å². The Hall–Kier alpha value is -2.80. The summed E-state index contributed by atoms with van der Waals surface area (Å²) in [4.78, 5) is 27.6. The number of fused-ring (bicyclic) bond motifs is 1. The summed E-state index contributed by atoms with van der Waals surface area (Å²) in [6, 6.07) is 7.61. The number of pyridine rings is 2. The lowest BCUT2D eigenvalue weighted by molar-refractivity contribution is 0.0724. The highest BCUT2D eigenvalue weighted by molar-refractivity contribution is 5.96. The van der Waals surface area contributed by atoms with Crippen molar-refractivity contribution >= 4 is 17.1 Å². The number of imidazole rings is 1. The van der Waals surface area contributed by atoms with Gasteiger partial charge in [0.25, 0.3) is 5.91 Å². The second kappa shape index (κ2) is 6.60. The van der Waals surface area contributed by atoms with E-state index in [-0.39, 0.29) is 12.0 Å². The van der Waals surface area contributed by atoms with Gasteiger partial charge in [-0.05, 0) is 24.6 Å². The third-order valence-electron chi connectivity index (χ3n) is 4.53. The highest BCUT2D eigenvalue weighted by Crippen LogP contribution is 2.18. The molecule has 25 heavy (non-hydrogen) atoms. The van der Waals surface area contributed by atoms with Crippen LogP contribution < -0.4 is 0 Å². The number of hydrogen-bond donors (Lipinski definition) is 0. The van der Waals surface area contributed by atoms with Crippen LogP contribution in [0.5, 0.6) is 0 Å². The van der Waals surface area contributed by atoms with Crippen LogP contribution in [-0.2, 0) is 11.3 Å². The maximum absolute atomic E-state index is 12.6. The first-order valence-corrected chi connectivity index (χ1v) is 8.27. The van der Waals surface area contributed by atoms with Crippen molar-refractivity contribution in [3.63, 3.8) is 0 Å². The van der Waals surface area contributed by atoms with Crippen molar-refractivity contribution in [3.8, 4) is 0 Å². The van der Waals surface area contributed by atoms with E-state index in [1.165, 1.54) is 0 Å². The monoisotopic (exact) mass is 337 g/mol. The summed E-state index contributed by atoms with van der Waals surface area (Å²) in [7, 11) is 1.68. The third kappa shape index (κ3) is 3.10. The normalized spacial score (nSPS) is 17.3. The van der Waals surface area contributed by atoms with Crippen LogP contribution in [0.4, 0.5) is 0 Å². The van der Waals surface area contributed by atoms with Crippen LogP contribution in [0.25, 0.3) is 11.2 Å². The average molecular weight is 337 g/mol. The summed E-state index contributed by atoms with van der Waals surface area (Å²) < 4.78 is 7.26. The molecule has 1 amide bonds. The molecule has 4 heterocycles. The number of amides is 1. The van der Waals surface area contributed by atoms with E-state index >= 15 is 0 Å². The minimum Gasteiger partial charge on any atom is -0.380 e. The maximum atomic E-state index is 12.6. The number of carbonyl (C=O) groups is 1. The summed E-state index contributed by atoms with van der Waals surface area (Å²) in [5.41, 5.74) is 2.96. The summed E-state index contributed by atoms with van der Waals surface area (Å²) in [6.07, 6.45) is 6.12. The Balaban J connectivity index is 1.56. The molecule has 0 N–H and O–H groups in total. The molecule has 4 rings (SSSR count). The summed E-state index contributed by atoms with van der Waals surface area (Å²) >= 11 is 0. The molecule has 3 aromatic rings. The molecular formula is C18H19N5O2. The standard InChI is InChI=1S/C18H19N5O2/c1-25-15-5-7-22(11-15)18(24)13-8-16-17(20-9-13)23(12-21-16)10-14-4-2-3-6-19-14/h2-4,6,8-9,12,15H,5,7,10-11H2,1H3. The fourth-order valence-electron chi connectivity index (χ4n) is 3.14. The first kappa shape index (κ1) is 15.7. The molecule has 3 aromatic heterocycles. The molecule has 1 fully saturated rings. The van der Waals surface area contributed by atoms with Gasteiger partial charge in [-0.1, -0.05) is 6.07 Å². The molecule has 0 aromatic carbocycles. The first-order valence-electron chi connectivity index (χ1n) is 8.27. The second-order valence-corrected chi connectivity index (χ2v) is 6.16. The lowest BCUT2D eigenvalue weighted by Gasteiger charge is -2.15. The molecule has 128 valence electrons. The molecule has 1 aliphatic heterocycles. The highest BCUT2D eigenvalue weighted by atomic mass is 16.5. The molecular weight excluding hydrogens is 318 g/mol. The van der Waals surface area contributed by atoms with E-state index in [1.54, 1.807) is 31.9 Å². The largest absolute Gasteiger partial charge is 0.380 e. The van der Waals surface area contributed by atoms with Crippen molar-refractivity contribution in [2.24, 2.45) is 0 Å². The van der Waals surface area contributed by atoms with Crippen molar-refractivity contribution in [1.29, 1.82) is 0 Å². The van der Waals surface area contributed by atoms with Gasteiger partial charge in [-0.3, -0.25) is 9.78 Å². The van der Waals surface area contributed by atoms with Gasteiger partial charge in [-0.15, -0.1) is 0 Å². The van der Waals surface area contributed by atoms with Crippen LogP contribution in [0.15, 0.2) is 43.0 Å². The maximum Gasteiger partial charge on any atom is 0.255 e. The van der Waals surface area contributed by atoms with E-state index in [0.717, 1.165) is 17.8 Å². The molecule has 0 aliphatic carbocycles. The Morgan fingerprint density at radius 1 is 1.32 bits per heavy atom. The van der Waals surface area contributed by atoms with Crippen molar-refractivity contribution in [2.75, 3.05) is 20.2 Å². The minimum absolute atomic E-state index is 0.0202. The van der Waals surface area contributed by atoms with Gasteiger partial charge in [0, 0.05) is 32.6 Å². The zero-order valence-corrected chi connectivity index (χ0v) is 14.0. The van der Waals surface area contributed by atoms with Crippen molar-refractivity contribution in [1.82, 2.24) is 24.4 Å². The Morgan fingerprint density at radius 3 is 3.00 bits per heavy atom. The van der Waals surface area contributed by atoms with Crippen LogP contribution in [0, 0.1) is 0 Å². The number of aromatic nitrogens is 4. The third-order valence-corrected chi connectivity index (χ3v) is 4.53. The SMILES string of the molecule is COC1CCN(C(=O)c2cnc3c(c2)ncn3Cc2ccccn2)C1. The molecule has 1 atom stereocenters. The summed E-state index contributed by atoms with van der Waals surface area (Å²) in [5.74, 6) is -0.0202. The Morgan fingerprint density at radius 2 is 2.24 bits per heavy atom. The zero-order chi connectivity index (χ0) is 17.2. The minimum atomic E-state index is -0.0202. The number of likely N-dealkylation sites (tertiary alicyclic amines) is 1. The van der Waals surface area contributed by atoms with Gasteiger partial charge in [0.15, 0.2) is 5.65 Å². The molecule has 0 spiro atoms. The first-order chi connectivity index (χ1) is 12.2. The van der Waals surface area contributed by atoms with Gasteiger partial charge in [0.05, 0.1) is 30.2 Å². The topological polar surface area (TPSA) is 73.1 Å². The number of rotatable bonds is 4. The fourth-order valence-corrected chi connectivity index (χ4v) is 3.14. The molecule has 7 heteroatoms. The van der Waals surface area contributed by atoms with Gasteiger partial charge in [-0.2, -0.15) is 0 Å². The van der Waals surface area contributed by atoms with E-state index < -0.39 is 0 Å². The molecule has 1 aliphatic rings. The summed E-state index contributed by atoms with van der Waals surface area (Å²) in [6.45, 7) is 1.93. The van der Waals surface area contributed by atoms with Gasteiger partial charge in [0.2, 0.25) is 0 Å². The van der Waals surface area contributed by atoms with Crippen molar-refractivity contribution in [3.05, 3.63) is 54.2 Å². The van der Waals surface area contributed by atoms with Crippen LogP contribution in [-0.4, -0.2) is 56.6 Å².